The Kier molecular flexibility index (Phi) is 5.67. The van der Waals surface area contributed by atoms with Gasteiger partial charge in [-0.1, -0.05) is 30.3 Å². The average Bonchev–Trinajstić information content (AvgIpc) is 2.36. The van der Waals surface area contributed by atoms with Crippen molar-refractivity contribution in [2.75, 3.05) is 6.54 Å². The molecule has 6 heteroatoms. The molecule has 0 aromatic heterocycles. The van der Waals surface area contributed by atoms with Crippen molar-refractivity contribution in [1.29, 1.82) is 0 Å². The van der Waals surface area contributed by atoms with E-state index in [4.69, 9.17) is 10.8 Å². The number of alkyl halides is 2. The summed E-state index contributed by atoms with van der Waals surface area (Å²) in [7, 11) is 0. The first-order chi connectivity index (χ1) is 8.50. The quantitative estimate of drug-likeness (QED) is 0.707. The van der Waals surface area contributed by atoms with E-state index in [1.54, 1.807) is 24.3 Å². The molecule has 0 fully saturated rings. The number of carbonyl (C=O) groups is 1. The molecule has 0 saturated heterocycles. The number of benzene rings is 1. The molecule has 1 rings (SSSR count). The van der Waals surface area contributed by atoms with Gasteiger partial charge >= 0.3 is 0 Å². The molecule has 0 spiro atoms. The SMILES string of the molecule is NC(CC(=O)NCC(O)C(F)F)c1ccccc1. The molecule has 2 atom stereocenters. The third kappa shape index (κ3) is 4.77. The van der Waals surface area contributed by atoms with Crippen LogP contribution < -0.4 is 11.1 Å². The lowest BCUT2D eigenvalue weighted by Crippen LogP contribution is -2.37. The van der Waals surface area contributed by atoms with Gasteiger partial charge in [0.05, 0.1) is 0 Å². The number of halogens is 2. The summed E-state index contributed by atoms with van der Waals surface area (Å²) in [5.41, 5.74) is 6.58. The molecule has 100 valence electrons. The standard InChI is InChI=1S/C12H16F2N2O2/c13-12(14)10(17)7-16-11(18)6-9(15)8-4-2-1-3-5-8/h1-5,9-10,12,17H,6-7,15H2,(H,16,18). The molecule has 18 heavy (non-hydrogen) atoms. The summed E-state index contributed by atoms with van der Waals surface area (Å²) >= 11 is 0. The van der Waals surface area contributed by atoms with E-state index in [2.05, 4.69) is 5.32 Å². The molecule has 1 amide bonds. The maximum atomic E-state index is 12.0. The summed E-state index contributed by atoms with van der Waals surface area (Å²) in [6, 6.07) is 8.50. The van der Waals surface area contributed by atoms with Crippen molar-refractivity contribution in [3.05, 3.63) is 35.9 Å². The number of nitrogens with one attached hydrogen (secondary N) is 1. The first kappa shape index (κ1) is 14.5. The van der Waals surface area contributed by atoms with Gasteiger partial charge in [-0.2, -0.15) is 0 Å². The van der Waals surface area contributed by atoms with Gasteiger partial charge in [0.2, 0.25) is 5.91 Å². The van der Waals surface area contributed by atoms with Gasteiger partial charge in [-0.05, 0) is 5.56 Å². The van der Waals surface area contributed by atoms with Crippen LogP contribution in [0, 0.1) is 0 Å². The third-order valence-electron chi connectivity index (χ3n) is 2.43. The highest BCUT2D eigenvalue weighted by atomic mass is 19.3. The van der Waals surface area contributed by atoms with Crippen LogP contribution in [0.1, 0.15) is 18.0 Å². The Morgan fingerprint density at radius 2 is 1.94 bits per heavy atom. The van der Waals surface area contributed by atoms with Gasteiger partial charge in [-0.15, -0.1) is 0 Å². The Hall–Kier alpha value is -1.53. The zero-order chi connectivity index (χ0) is 13.5. The molecule has 1 aromatic rings. The molecule has 0 aliphatic heterocycles. The second kappa shape index (κ2) is 7.03. The fraction of sp³-hybridized carbons (Fsp3) is 0.417. The number of hydrogen-bond acceptors (Lipinski definition) is 3. The summed E-state index contributed by atoms with van der Waals surface area (Å²) in [5, 5.41) is 11.0. The molecular weight excluding hydrogens is 242 g/mol. The van der Waals surface area contributed by atoms with Crippen molar-refractivity contribution < 1.29 is 18.7 Å². The van der Waals surface area contributed by atoms with Crippen LogP contribution in [0.3, 0.4) is 0 Å². The van der Waals surface area contributed by atoms with E-state index in [9.17, 15) is 13.6 Å². The zero-order valence-electron chi connectivity index (χ0n) is 9.72. The molecule has 0 aliphatic rings. The fourth-order valence-electron chi connectivity index (χ4n) is 1.40. The van der Waals surface area contributed by atoms with Crippen LogP contribution in [0.4, 0.5) is 8.78 Å². The number of hydrogen-bond donors (Lipinski definition) is 3. The molecular formula is C12H16F2N2O2. The lowest BCUT2D eigenvalue weighted by Gasteiger charge is -2.14. The van der Waals surface area contributed by atoms with Crippen molar-refractivity contribution in [2.45, 2.75) is 25.0 Å². The van der Waals surface area contributed by atoms with Gasteiger partial charge < -0.3 is 16.2 Å². The van der Waals surface area contributed by atoms with E-state index < -0.39 is 31.0 Å². The highest BCUT2D eigenvalue weighted by molar-refractivity contribution is 5.76. The molecule has 0 heterocycles. The van der Waals surface area contributed by atoms with Crippen molar-refractivity contribution in [3.63, 3.8) is 0 Å². The van der Waals surface area contributed by atoms with Crippen LogP contribution in [0.15, 0.2) is 30.3 Å². The fourth-order valence-corrected chi connectivity index (χ4v) is 1.40. The Balaban J connectivity index is 2.37. The van der Waals surface area contributed by atoms with Gasteiger partial charge in [0.15, 0.2) is 0 Å². The van der Waals surface area contributed by atoms with Gasteiger partial charge in [-0.3, -0.25) is 4.79 Å². The highest BCUT2D eigenvalue weighted by Crippen LogP contribution is 2.12. The number of amides is 1. The topological polar surface area (TPSA) is 75.4 Å². The minimum atomic E-state index is -2.87. The van der Waals surface area contributed by atoms with Crippen molar-refractivity contribution in [2.24, 2.45) is 5.73 Å². The minimum absolute atomic E-state index is 0.0139. The number of nitrogens with two attached hydrogens (primary N) is 1. The predicted octanol–water partition coefficient (Wildman–Crippen LogP) is 0.819. The number of rotatable bonds is 6. The normalized spacial score (nSPS) is 14.3. The van der Waals surface area contributed by atoms with Gasteiger partial charge in [0, 0.05) is 19.0 Å². The molecule has 0 aliphatic carbocycles. The van der Waals surface area contributed by atoms with Crippen LogP contribution >= 0.6 is 0 Å². The second-order valence-electron chi connectivity index (χ2n) is 3.93. The van der Waals surface area contributed by atoms with Crippen molar-refractivity contribution >= 4 is 5.91 Å². The maximum absolute atomic E-state index is 12.0. The first-order valence-electron chi connectivity index (χ1n) is 5.54. The summed E-state index contributed by atoms with van der Waals surface area (Å²) in [6.45, 7) is -0.474. The van der Waals surface area contributed by atoms with E-state index in [0.717, 1.165) is 5.56 Å². The molecule has 0 radical (unpaired) electrons. The monoisotopic (exact) mass is 258 g/mol. The molecule has 2 unspecified atom stereocenters. The van der Waals surface area contributed by atoms with Gasteiger partial charge in [0.25, 0.3) is 6.43 Å². The lowest BCUT2D eigenvalue weighted by molar-refractivity contribution is -0.122. The Bertz CT molecular complexity index is 374. The van der Waals surface area contributed by atoms with Crippen LogP contribution in [0.25, 0.3) is 0 Å². The molecule has 4 N–H and O–H groups in total. The summed E-state index contributed by atoms with van der Waals surface area (Å²) in [5.74, 6) is -0.467. The third-order valence-corrected chi connectivity index (χ3v) is 2.43. The molecule has 0 saturated carbocycles. The van der Waals surface area contributed by atoms with Crippen LogP contribution in [-0.2, 0) is 4.79 Å². The largest absolute Gasteiger partial charge is 0.385 e. The van der Waals surface area contributed by atoms with E-state index in [1.165, 1.54) is 0 Å². The van der Waals surface area contributed by atoms with E-state index in [-0.39, 0.29) is 6.42 Å². The number of aliphatic hydroxyl groups excluding tert-OH is 1. The lowest BCUT2D eigenvalue weighted by atomic mass is 10.0. The van der Waals surface area contributed by atoms with Crippen LogP contribution in [-0.4, -0.2) is 30.1 Å². The summed E-state index contributed by atoms with van der Waals surface area (Å²) < 4.78 is 24.0. The van der Waals surface area contributed by atoms with E-state index in [1.807, 2.05) is 6.07 Å². The summed E-state index contributed by atoms with van der Waals surface area (Å²) in [4.78, 5) is 11.4. The predicted molar refractivity (Wildman–Crippen MR) is 63.0 cm³/mol. The van der Waals surface area contributed by atoms with Gasteiger partial charge in [-0.25, -0.2) is 8.78 Å². The summed E-state index contributed by atoms with van der Waals surface area (Å²) in [6.07, 6.45) is -4.73. The minimum Gasteiger partial charge on any atom is -0.385 e. The molecule has 0 bridgehead atoms. The zero-order valence-corrected chi connectivity index (χ0v) is 9.72. The smallest absolute Gasteiger partial charge is 0.265 e. The Morgan fingerprint density at radius 1 is 1.33 bits per heavy atom. The molecule has 4 nitrogen and oxygen atoms in total. The van der Waals surface area contributed by atoms with E-state index >= 15 is 0 Å². The van der Waals surface area contributed by atoms with Gasteiger partial charge in [0.1, 0.15) is 6.10 Å². The maximum Gasteiger partial charge on any atom is 0.265 e. The van der Waals surface area contributed by atoms with E-state index in [0.29, 0.717) is 0 Å². The Labute approximate surface area is 104 Å². The van der Waals surface area contributed by atoms with Crippen molar-refractivity contribution in [1.82, 2.24) is 5.32 Å². The Morgan fingerprint density at radius 3 is 2.50 bits per heavy atom. The highest BCUT2D eigenvalue weighted by Gasteiger charge is 2.18. The number of aliphatic hydroxyl groups is 1. The number of carbonyl (C=O) groups excluding carboxylic acids is 1. The first-order valence-corrected chi connectivity index (χ1v) is 5.54. The van der Waals surface area contributed by atoms with Crippen LogP contribution in [0.2, 0.25) is 0 Å². The second-order valence-corrected chi connectivity index (χ2v) is 3.93. The molecule has 1 aromatic carbocycles. The van der Waals surface area contributed by atoms with Crippen LogP contribution in [0.5, 0.6) is 0 Å². The average molecular weight is 258 g/mol. The van der Waals surface area contributed by atoms with Crippen molar-refractivity contribution in [3.8, 4) is 0 Å².